The van der Waals surface area contributed by atoms with E-state index in [-0.39, 0.29) is 12.1 Å². The van der Waals surface area contributed by atoms with E-state index in [4.69, 9.17) is 4.74 Å². The van der Waals surface area contributed by atoms with Crippen molar-refractivity contribution in [2.75, 3.05) is 13.7 Å². The minimum Gasteiger partial charge on any atom is -0.380 e. The maximum atomic E-state index is 5.56. The van der Waals surface area contributed by atoms with Gasteiger partial charge in [-0.25, -0.2) is 4.98 Å². The lowest BCUT2D eigenvalue weighted by Gasteiger charge is -2.23. The van der Waals surface area contributed by atoms with E-state index in [2.05, 4.69) is 51.3 Å². The van der Waals surface area contributed by atoms with E-state index < -0.39 is 0 Å². The van der Waals surface area contributed by atoms with E-state index in [1.807, 2.05) is 0 Å². The van der Waals surface area contributed by atoms with Gasteiger partial charge in [-0.3, -0.25) is 10.00 Å². The van der Waals surface area contributed by atoms with Crippen LogP contribution in [0.5, 0.6) is 0 Å². The van der Waals surface area contributed by atoms with Gasteiger partial charge in [0.05, 0.1) is 12.1 Å². The monoisotopic (exact) mass is 286 g/mol. The molecule has 0 saturated carbocycles. The molecule has 1 aromatic heterocycles. The highest BCUT2D eigenvalue weighted by Crippen LogP contribution is 2.32. The molecular weight excluding hydrogens is 264 g/mol. The summed E-state index contributed by atoms with van der Waals surface area (Å²) in [5.41, 5.74) is 2.80. The molecule has 0 unspecified atom stereocenters. The Bertz CT molecular complexity index is 569. The Morgan fingerprint density at radius 1 is 1.33 bits per heavy atom. The van der Waals surface area contributed by atoms with Crippen molar-refractivity contribution in [3.63, 3.8) is 0 Å². The topological polar surface area (TPSA) is 54.0 Å². The number of nitrogens with one attached hydrogen (secondary N) is 1. The minimum atomic E-state index is 0.252. The fourth-order valence-electron chi connectivity index (χ4n) is 3.14. The molecule has 1 aromatic carbocycles. The second kappa shape index (κ2) is 6.37. The van der Waals surface area contributed by atoms with E-state index in [9.17, 15) is 0 Å². The molecule has 5 heteroatoms. The summed E-state index contributed by atoms with van der Waals surface area (Å²) in [5.74, 6) is 0.934. The summed E-state index contributed by atoms with van der Waals surface area (Å²) in [7, 11) is 1.78. The Morgan fingerprint density at radius 2 is 2.14 bits per heavy atom. The van der Waals surface area contributed by atoms with Crippen LogP contribution >= 0.6 is 0 Å². The number of benzene rings is 1. The summed E-state index contributed by atoms with van der Waals surface area (Å²) < 4.78 is 5.56. The quantitative estimate of drug-likeness (QED) is 0.916. The first kappa shape index (κ1) is 14.2. The zero-order valence-electron chi connectivity index (χ0n) is 12.6. The lowest BCUT2D eigenvalue weighted by atomic mass is 10.0. The third-order valence-corrected chi connectivity index (χ3v) is 4.32. The van der Waals surface area contributed by atoms with Crippen LogP contribution < -0.4 is 0 Å². The first-order chi connectivity index (χ1) is 10.3. The number of nitrogens with zero attached hydrogens (tertiary/aromatic N) is 3. The standard InChI is InChI=1S/C16H22N4O/c1-3-12-6-4-5-7-13(12)9-20-10-14(21-2)8-15(20)16-17-11-18-19-16/h4-7,11,14-15H,3,8-10H2,1-2H3,(H,17,18,19)/t14-,15+/m1/s1. The van der Waals surface area contributed by atoms with Gasteiger partial charge in [0.25, 0.3) is 0 Å². The van der Waals surface area contributed by atoms with Crippen molar-refractivity contribution in [3.05, 3.63) is 47.5 Å². The highest BCUT2D eigenvalue weighted by atomic mass is 16.5. The summed E-state index contributed by atoms with van der Waals surface area (Å²) in [6.45, 7) is 4.06. The highest BCUT2D eigenvalue weighted by molar-refractivity contribution is 5.27. The third-order valence-electron chi connectivity index (χ3n) is 4.32. The molecular formula is C16H22N4O. The molecule has 0 spiro atoms. The Morgan fingerprint density at radius 3 is 2.81 bits per heavy atom. The van der Waals surface area contributed by atoms with Crippen LogP contribution in [0, 0.1) is 0 Å². The van der Waals surface area contributed by atoms with E-state index in [1.165, 1.54) is 11.1 Å². The Labute approximate surface area is 125 Å². The molecule has 112 valence electrons. The number of rotatable bonds is 5. The highest BCUT2D eigenvalue weighted by Gasteiger charge is 2.35. The van der Waals surface area contributed by atoms with Gasteiger partial charge in [0.1, 0.15) is 12.2 Å². The predicted octanol–water partition coefficient (Wildman–Crippen LogP) is 2.33. The number of aromatic amines is 1. The van der Waals surface area contributed by atoms with Gasteiger partial charge < -0.3 is 4.74 Å². The molecule has 0 aliphatic carbocycles. The van der Waals surface area contributed by atoms with Crippen LogP contribution in [0.2, 0.25) is 0 Å². The molecule has 1 saturated heterocycles. The summed E-state index contributed by atoms with van der Waals surface area (Å²) in [6.07, 6.45) is 3.85. The van der Waals surface area contributed by atoms with Crippen molar-refractivity contribution >= 4 is 0 Å². The van der Waals surface area contributed by atoms with Crippen LogP contribution in [0.4, 0.5) is 0 Å². The van der Waals surface area contributed by atoms with Crippen molar-refractivity contribution < 1.29 is 4.74 Å². The van der Waals surface area contributed by atoms with Crippen molar-refractivity contribution in [2.45, 2.75) is 38.5 Å². The average molecular weight is 286 g/mol. The van der Waals surface area contributed by atoms with Crippen molar-refractivity contribution in [2.24, 2.45) is 0 Å². The molecule has 2 atom stereocenters. The van der Waals surface area contributed by atoms with Gasteiger partial charge in [0.2, 0.25) is 0 Å². The molecule has 1 aliphatic heterocycles. The van der Waals surface area contributed by atoms with Gasteiger partial charge >= 0.3 is 0 Å². The van der Waals surface area contributed by atoms with Crippen LogP contribution in [0.1, 0.15) is 36.3 Å². The number of aryl methyl sites for hydroxylation is 1. The van der Waals surface area contributed by atoms with E-state index >= 15 is 0 Å². The van der Waals surface area contributed by atoms with Gasteiger partial charge in [-0.15, -0.1) is 0 Å². The number of ether oxygens (including phenoxy) is 1. The number of hydrogen-bond acceptors (Lipinski definition) is 4. The van der Waals surface area contributed by atoms with E-state index in [0.717, 1.165) is 31.8 Å². The molecule has 0 bridgehead atoms. The molecule has 5 nitrogen and oxygen atoms in total. The van der Waals surface area contributed by atoms with Gasteiger partial charge in [-0.1, -0.05) is 31.2 Å². The third kappa shape index (κ3) is 2.99. The SMILES string of the molecule is CCc1ccccc1CN1C[C@H](OC)C[C@H]1c1ncn[nH]1. The Kier molecular flexibility index (Phi) is 4.31. The van der Waals surface area contributed by atoms with Crippen LogP contribution in [0.25, 0.3) is 0 Å². The molecule has 21 heavy (non-hydrogen) atoms. The van der Waals surface area contributed by atoms with Gasteiger partial charge in [0, 0.05) is 20.2 Å². The smallest absolute Gasteiger partial charge is 0.141 e. The first-order valence-corrected chi connectivity index (χ1v) is 7.50. The number of hydrogen-bond donors (Lipinski definition) is 1. The Hall–Kier alpha value is -1.72. The van der Waals surface area contributed by atoms with Crippen LogP contribution in [-0.2, 0) is 17.7 Å². The molecule has 0 amide bonds. The summed E-state index contributed by atoms with van der Waals surface area (Å²) in [5, 5.41) is 7.00. The van der Waals surface area contributed by atoms with Gasteiger partial charge in [0.15, 0.2) is 0 Å². The molecule has 3 rings (SSSR count). The fourth-order valence-corrected chi connectivity index (χ4v) is 3.14. The number of likely N-dealkylation sites (tertiary alicyclic amines) is 1. The van der Waals surface area contributed by atoms with Crippen molar-refractivity contribution in [1.82, 2.24) is 20.1 Å². The predicted molar refractivity (Wildman–Crippen MR) is 80.8 cm³/mol. The molecule has 1 aliphatic rings. The molecule has 0 radical (unpaired) electrons. The van der Waals surface area contributed by atoms with Crippen LogP contribution in [-0.4, -0.2) is 39.8 Å². The number of aromatic nitrogens is 3. The van der Waals surface area contributed by atoms with Crippen molar-refractivity contribution in [3.8, 4) is 0 Å². The van der Waals surface area contributed by atoms with E-state index in [0.29, 0.717) is 0 Å². The zero-order chi connectivity index (χ0) is 14.7. The van der Waals surface area contributed by atoms with Crippen molar-refractivity contribution in [1.29, 1.82) is 0 Å². The molecule has 2 aromatic rings. The lowest BCUT2D eigenvalue weighted by Crippen LogP contribution is -2.25. The average Bonchev–Trinajstić information content (AvgIpc) is 3.16. The second-order valence-electron chi connectivity index (χ2n) is 5.53. The summed E-state index contributed by atoms with van der Waals surface area (Å²) in [6, 6.07) is 8.90. The van der Waals surface area contributed by atoms with E-state index in [1.54, 1.807) is 13.4 Å². The lowest BCUT2D eigenvalue weighted by molar-refractivity contribution is 0.107. The maximum absolute atomic E-state index is 5.56. The molecule has 1 N–H and O–H groups in total. The maximum Gasteiger partial charge on any atom is 0.141 e. The summed E-state index contributed by atoms with van der Waals surface area (Å²) >= 11 is 0. The molecule has 1 fully saturated rings. The van der Waals surface area contributed by atoms with Gasteiger partial charge in [-0.2, -0.15) is 5.10 Å². The summed E-state index contributed by atoms with van der Waals surface area (Å²) in [4.78, 5) is 6.77. The Balaban J connectivity index is 1.81. The minimum absolute atomic E-state index is 0.252. The zero-order valence-corrected chi connectivity index (χ0v) is 12.6. The van der Waals surface area contributed by atoms with Crippen LogP contribution in [0.15, 0.2) is 30.6 Å². The number of methoxy groups -OCH3 is 1. The largest absolute Gasteiger partial charge is 0.380 e. The first-order valence-electron chi connectivity index (χ1n) is 7.50. The normalized spacial score (nSPS) is 22.8. The van der Waals surface area contributed by atoms with Crippen LogP contribution in [0.3, 0.4) is 0 Å². The molecule has 2 heterocycles. The second-order valence-corrected chi connectivity index (χ2v) is 5.53. The van der Waals surface area contributed by atoms with Gasteiger partial charge in [-0.05, 0) is 24.0 Å². The number of H-pyrrole nitrogens is 1. The fraction of sp³-hybridized carbons (Fsp3) is 0.500.